The minimum Gasteiger partial charge on any atom is -0.457 e. The fourth-order valence-electron chi connectivity index (χ4n) is 9.55. The average molecular weight is 767 g/mol. The third kappa shape index (κ3) is 6.76. The van der Waals surface area contributed by atoms with Crippen molar-refractivity contribution in [1.29, 1.82) is 0 Å². The van der Waals surface area contributed by atoms with Gasteiger partial charge in [-0.05, 0) is 92.4 Å². The van der Waals surface area contributed by atoms with Gasteiger partial charge in [0, 0.05) is 81.0 Å². The van der Waals surface area contributed by atoms with Gasteiger partial charge in [0.25, 0.3) is 5.91 Å². The van der Waals surface area contributed by atoms with Crippen LogP contribution in [-0.4, -0.2) is 110 Å². The van der Waals surface area contributed by atoms with Gasteiger partial charge in [-0.3, -0.25) is 24.6 Å². The van der Waals surface area contributed by atoms with Crippen molar-refractivity contribution in [2.75, 3.05) is 56.4 Å². The molecule has 0 bridgehead atoms. The Morgan fingerprint density at radius 1 is 0.825 bits per heavy atom. The van der Waals surface area contributed by atoms with E-state index in [1.807, 2.05) is 66.7 Å². The van der Waals surface area contributed by atoms with E-state index in [1.165, 1.54) is 12.7 Å². The zero-order valence-corrected chi connectivity index (χ0v) is 31.8. The molecule has 3 amide bonds. The van der Waals surface area contributed by atoms with E-state index in [9.17, 15) is 14.4 Å². The van der Waals surface area contributed by atoms with Crippen LogP contribution in [0.3, 0.4) is 0 Å². The summed E-state index contributed by atoms with van der Waals surface area (Å²) in [4.78, 5) is 55.5. The smallest absolute Gasteiger partial charge is 0.255 e. The number of anilines is 2. The third-order valence-electron chi connectivity index (χ3n) is 12.6. The quantitative estimate of drug-likeness (QED) is 0.204. The molecule has 4 fully saturated rings. The molecular formula is C43H46N10O4. The second kappa shape index (κ2) is 14.6. The number of hydrogen-bond donors (Lipinski definition) is 2. The lowest BCUT2D eigenvalue weighted by atomic mass is 9.97. The molecule has 57 heavy (non-hydrogen) atoms. The van der Waals surface area contributed by atoms with Crippen LogP contribution < -0.4 is 20.7 Å². The van der Waals surface area contributed by atoms with E-state index in [2.05, 4.69) is 40.7 Å². The summed E-state index contributed by atoms with van der Waals surface area (Å²) < 4.78 is 8.10. The van der Waals surface area contributed by atoms with Gasteiger partial charge in [0.05, 0.1) is 11.4 Å². The molecule has 2 unspecified atom stereocenters. The first kappa shape index (κ1) is 35.5. The zero-order valence-electron chi connectivity index (χ0n) is 31.8. The van der Waals surface area contributed by atoms with E-state index in [-0.39, 0.29) is 30.2 Å². The number of aromatic nitrogens is 4. The lowest BCUT2D eigenvalue weighted by molar-refractivity contribution is -0.136. The van der Waals surface area contributed by atoms with Crippen LogP contribution in [0.1, 0.15) is 54.1 Å². The maximum absolute atomic E-state index is 13.1. The summed E-state index contributed by atoms with van der Waals surface area (Å²) in [6.07, 6.45) is 5.35. The maximum atomic E-state index is 13.1. The number of carbonyl (C=O) groups excluding carboxylic acids is 3. The number of amides is 3. The molecule has 14 nitrogen and oxygen atoms in total. The number of nitrogens with two attached hydrogens (primary N) is 1. The fraction of sp³-hybridized carbons (Fsp3) is 0.395. The number of piperidine rings is 2. The number of ether oxygens (including phenoxy) is 1. The summed E-state index contributed by atoms with van der Waals surface area (Å²) in [7, 11) is 0. The second-order valence-corrected chi connectivity index (χ2v) is 16.2. The highest BCUT2D eigenvalue weighted by atomic mass is 16.5. The molecule has 0 saturated carbocycles. The molecule has 292 valence electrons. The van der Waals surface area contributed by atoms with Crippen LogP contribution in [0.2, 0.25) is 0 Å². The number of nitrogens with zero attached hydrogens (tertiary/aromatic N) is 8. The number of nitrogen functional groups attached to an aromatic ring is 1. The Morgan fingerprint density at radius 2 is 1.60 bits per heavy atom. The van der Waals surface area contributed by atoms with Crippen molar-refractivity contribution in [2.24, 2.45) is 5.92 Å². The number of likely N-dealkylation sites (tertiary alicyclic amines) is 2. The Morgan fingerprint density at radius 3 is 2.39 bits per heavy atom. The number of imide groups is 1. The maximum Gasteiger partial charge on any atom is 0.255 e. The normalized spacial score (nSPS) is 22.3. The van der Waals surface area contributed by atoms with Crippen molar-refractivity contribution >= 4 is 40.3 Å². The van der Waals surface area contributed by atoms with Gasteiger partial charge >= 0.3 is 0 Å². The number of rotatable bonds is 9. The first-order chi connectivity index (χ1) is 27.8. The van der Waals surface area contributed by atoms with Crippen LogP contribution in [0.25, 0.3) is 22.3 Å². The van der Waals surface area contributed by atoms with Crippen molar-refractivity contribution in [1.82, 2.24) is 39.8 Å². The Bertz CT molecular complexity index is 2340. The Labute approximate surface area is 330 Å². The summed E-state index contributed by atoms with van der Waals surface area (Å²) >= 11 is 0. The van der Waals surface area contributed by atoms with Gasteiger partial charge < -0.3 is 25.2 Å². The summed E-state index contributed by atoms with van der Waals surface area (Å²) in [5.41, 5.74) is 11.7. The summed E-state index contributed by atoms with van der Waals surface area (Å²) in [6.45, 7) is 7.75. The largest absolute Gasteiger partial charge is 0.457 e. The number of benzene rings is 3. The van der Waals surface area contributed by atoms with Crippen molar-refractivity contribution in [3.05, 3.63) is 90.3 Å². The SMILES string of the molecule is Nc1ncnc2c1c(-c1ccc(Oc3ccccc3)cc1)nn2C1CCN(C2CCN(CC3CN(c4ccc5c(c4)CN(C4CCC(=O)NC4=O)C5=O)C3)C2)CC1. The molecule has 2 atom stereocenters. The first-order valence-electron chi connectivity index (χ1n) is 20.2. The number of para-hydroxylation sites is 1. The van der Waals surface area contributed by atoms with Gasteiger partial charge in [-0.25, -0.2) is 14.6 Å². The zero-order chi connectivity index (χ0) is 38.6. The van der Waals surface area contributed by atoms with Crippen LogP contribution in [0.15, 0.2) is 79.1 Å². The molecule has 3 aromatic carbocycles. The van der Waals surface area contributed by atoms with Gasteiger partial charge in [-0.15, -0.1) is 0 Å². The number of nitrogens with one attached hydrogen (secondary N) is 1. The van der Waals surface area contributed by atoms with Gasteiger partial charge in [0.2, 0.25) is 11.8 Å². The van der Waals surface area contributed by atoms with Crippen molar-refractivity contribution in [2.45, 2.75) is 56.8 Å². The van der Waals surface area contributed by atoms with Gasteiger partial charge in [0.1, 0.15) is 35.4 Å². The van der Waals surface area contributed by atoms with Crippen LogP contribution >= 0.6 is 0 Å². The van der Waals surface area contributed by atoms with Crippen LogP contribution in [0.4, 0.5) is 11.5 Å². The topological polar surface area (TPSA) is 155 Å². The van der Waals surface area contributed by atoms with E-state index < -0.39 is 6.04 Å². The highest BCUT2D eigenvalue weighted by Crippen LogP contribution is 2.37. The second-order valence-electron chi connectivity index (χ2n) is 16.2. The van der Waals surface area contributed by atoms with E-state index in [0.717, 1.165) is 104 Å². The highest BCUT2D eigenvalue weighted by Gasteiger charge is 2.40. The molecule has 5 aliphatic rings. The minimum absolute atomic E-state index is 0.128. The molecule has 0 spiro atoms. The molecule has 0 radical (unpaired) electrons. The van der Waals surface area contributed by atoms with E-state index >= 15 is 0 Å². The summed E-state index contributed by atoms with van der Waals surface area (Å²) in [5.74, 6) is 1.81. The number of carbonyl (C=O) groups is 3. The van der Waals surface area contributed by atoms with Gasteiger partial charge in [0.15, 0.2) is 5.65 Å². The van der Waals surface area contributed by atoms with E-state index in [0.29, 0.717) is 36.3 Å². The highest BCUT2D eigenvalue weighted by molar-refractivity contribution is 6.05. The van der Waals surface area contributed by atoms with E-state index in [1.54, 1.807) is 4.90 Å². The van der Waals surface area contributed by atoms with Crippen molar-refractivity contribution in [3.8, 4) is 22.8 Å². The Kier molecular flexibility index (Phi) is 9.09. The molecular weight excluding hydrogens is 721 g/mol. The third-order valence-corrected chi connectivity index (χ3v) is 12.6. The molecule has 3 N–H and O–H groups in total. The fourth-order valence-corrected chi connectivity index (χ4v) is 9.55. The number of hydrogen-bond acceptors (Lipinski definition) is 11. The van der Waals surface area contributed by atoms with Crippen LogP contribution in [0, 0.1) is 5.92 Å². The molecule has 7 heterocycles. The van der Waals surface area contributed by atoms with E-state index in [4.69, 9.17) is 15.6 Å². The molecule has 5 aliphatic heterocycles. The van der Waals surface area contributed by atoms with Gasteiger partial charge in [-0.1, -0.05) is 18.2 Å². The minimum atomic E-state index is -0.591. The Balaban J connectivity index is 0.723. The first-order valence-corrected chi connectivity index (χ1v) is 20.2. The monoisotopic (exact) mass is 766 g/mol. The molecule has 14 heteroatoms. The molecule has 2 aromatic heterocycles. The lowest BCUT2D eigenvalue weighted by Gasteiger charge is -2.43. The Hall–Kier alpha value is -5.86. The molecule has 5 aromatic rings. The van der Waals surface area contributed by atoms with Crippen molar-refractivity contribution in [3.63, 3.8) is 0 Å². The molecule has 0 aliphatic carbocycles. The van der Waals surface area contributed by atoms with Crippen LogP contribution in [0.5, 0.6) is 11.5 Å². The predicted octanol–water partition coefficient (Wildman–Crippen LogP) is 4.48. The molecule has 4 saturated heterocycles. The lowest BCUT2D eigenvalue weighted by Crippen LogP contribution is -2.52. The average Bonchev–Trinajstić information content (AvgIpc) is 3.93. The summed E-state index contributed by atoms with van der Waals surface area (Å²) in [6, 6.07) is 23.9. The van der Waals surface area contributed by atoms with Gasteiger partial charge in [-0.2, -0.15) is 5.10 Å². The predicted molar refractivity (Wildman–Crippen MR) is 215 cm³/mol. The van der Waals surface area contributed by atoms with Crippen LogP contribution in [-0.2, 0) is 16.1 Å². The van der Waals surface area contributed by atoms with Crippen molar-refractivity contribution < 1.29 is 19.1 Å². The number of fused-ring (bicyclic) bond motifs is 2. The summed E-state index contributed by atoms with van der Waals surface area (Å²) in [5, 5.41) is 8.31. The molecule has 10 rings (SSSR count). The standard InChI is InChI=1S/C43H46N10O4/c44-40-38-39(28-6-9-34(10-7-28)57-33-4-2-1-3-5-33)48-53(41(38)46-26-45-40)30-15-18-50(19-16-30)32-14-17-49(25-32)21-27-22-51(23-27)31-8-11-35-29(20-31)24-52(43(35)56)36-12-13-37(54)47-42(36)55/h1-11,20,26-27,30,32,36H,12-19,21-25H2,(H2,44,45,46)(H,47,54,55).